The zero-order chi connectivity index (χ0) is 22.5. The summed E-state index contributed by atoms with van der Waals surface area (Å²) >= 11 is 1.54. The summed E-state index contributed by atoms with van der Waals surface area (Å²) in [5, 5.41) is 8.57. The fourth-order valence-corrected chi connectivity index (χ4v) is 4.27. The van der Waals surface area contributed by atoms with Gasteiger partial charge in [-0.3, -0.25) is 0 Å². The Kier molecular flexibility index (Phi) is 6.61. The first-order chi connectivity index (χ1) is 15.6. The second kappa shape index (κ2) is 9.74. The maximum atomic E-state index is 12.9. The van der Waals surface area contributed by atoms with Crippen LogP contribution in [0.4, 0.5) is 5.95 Å². The fourth-order valence-electron chi connectivity index (χ4n) is 3.49. The Balaban J connectivity index is 1.69. The minimum Gasteiger partial charge on any atom is -0.497 e. The summed E-state index contributed by atoms with van der Waals surface area (Å²) in [4.78, 5) is 17.6. The number of carbonyl (C=O) groups is 1. The number of fused-ring (bicyclic) bond motifs is 1. The Morgan fingerprint density at radius 3 is 2.66 bits per heavy atom. The number of aromatic nitrogens is 3. The van der Waals surface area contributed by atoms with Crippen molar-refractivity contribution in [2.24, 2.45) is 0 Å². The highest BCUT2D eigenvalue weighted by Gasteiger charge is 2.35. The number of allylic oxidation sites excluding steroid dienone is 1. The van der Waals surface area contributed by atoms with Crippen molar-refractivity contribution in [3.8, 4) is 5.75 Å². The molecule has 1 aliphatic heterocycles. The van der Waals surface area contributed by atoms with Gasteiger partial charge in [0.15, 0.2) is 0 Å². The Labute approximate surface area is 191 Å². The van der Waals surface area contributed by atoms with Crippen molar-refractivity contribution in [1.29, 1.82) is 0 Å². The maximum absolute atomic E-state index is 12.9. The third-order valence-corrected chi connectivity index (χ3v) is 5.94. The Morgan fingerprint density at radius 1 is 1.22 bits per heavy atom. The molecule has 164 valence electrons. The number of hydrogen-bond acceptors (Lipinski definition) is 7. The van der Waals surface area contributed by atoms with E-state index in [0.29, 0.717) is 22.4 Å². The van der Waals surface area contributed by atoms with Crippen LogP contribution in [0.15, 0.2) is 83.7 Å². The maximum Gasteiger partial charge on any atom is 0.338 e. The molecule has 8 heteroatoms. The number of rotatable bonds is 8. The monoisotopic (exact) mass is 448 g/mol. The van der Waals surface area contributed by atoms with Gasteiger partial charge in [-0.25, -0.2) is 9.48 Å². The first kappa shape index (κ1) is 21.7. The van der Waals surface area contributed by atoms with Crippen LogP contribution in [0.2, 0.25) is 0 Å². The van der Waals surface area contributed by atoms with Crippen LogP contribution in [0.3, 0.4) is 0 Å². The molecule has 1 unspecified atom stereocenters. The smallest absolute Gasteiger partial charge is 0.338 e. The first-order valence-corrected chi connectivity index (χ1v) is 11.1. The average molecular weight is 449 g/mol. The summed E-state index contributed by atoms with van der Waals surface area (Å²) < 4.78 is 12.4. The molecule has 2 aromatic carbocycles. The molecule has 0 spiro atoms. The van der Waals surface area contributed by atoms with Crippen molar-refractivity contribution in [3.63, 3.8) is 0 Å². The highest BCUT2D eigenvalue weighted by Crippen LogP contribution is 2.37. The molecule has 32 heavy (non-hydrogen) atoms. The van der Waals surface area contributed by atoms with Gasteiger partial charge in [-0.1, -0.05) is 66.9 Å². The van der Waals surface area contributed by atoms with Crippen molar-refractivity contribution in [1.82, 2.24) is 14.8 Å². The van der Waals surface area contributed by atoms with Crippen LogP contribution in [-0.2, 0) is 15.3 Å². The van der Waals surface area contributed by atoms with Crippen molar-refractivity contribution < 1.29 is 14.3 Å². The zero-order valence-electron chi connectivity index (χ0n) is 17.9. The quantitative estimate of drug-likeness (QED) is 0.307. The topological polar surface area (TPSA) is 78.3 Å². The molecular formula is C24H24N4O3S. The Hall–Kier alpha value is -3.52. The lowest BCUT2D eigenvalue weighted by atomic mass is 9.96. The molecule has 0 aliphatic carbocycles. The molecule has 1 N–H and O–H groups in total. The number of anilines is 1. The average Bonchev–Trinajstić information content (AvgIpc) is 3.23. The lowest BCUT2D eigenvalue weighted by Crippen LogP contribution is -2.29. The molecule has 4 rings (SSSR count). The van der Waals surface area contributed by atoms with E-state index in [-0.39, 0.29) is 6.61 Å². The van der Waals surface area contributed by atoms with Crippen LogP contribution in [0, 0.1) is 0 Å². The van der Waals surface area contributed by atoms with Gasteiger partial charge in [0, 0.05) is 11.4 Å². The van der Waals surface area contributed by atoms with Crippen LogP contribution in [0.1, 0.15) is 24.1 Å². The van der Waals surface area contributed by atoms with Crippen molar-refractivity contribution >= 4 is 23.7 Å². The summed E-state index contributed by atoms with van der Waals surface area (Å²) in [6, 6.07) is 17.2. The van der Waals surface area contributed by atoms with E-state index >= 15 is 0 Å². The number of hydrogen-bond donors (Lipinski definition) is 1. The molecule has 3 aromatic rings. The Bertz CT molecular complexity index is 1140. The summed E-state index contributed by atoms with van der Waals surface area (Å²) in [6.45, 7) is 5.60. The first-order valence-electron chi connectivity index (χ1n) is 10.1. The van der Waals surface area contributed by atoms with Crippen molar-refractivity contribution in [2.75, 3.05) is 19.0 Å². The van der Waals surface area contributed by atoms with E-state index in [1.54, 1.807) is 29.6 Å². The zero-order valence-corrected chi connectivity index (χ0v) is 18.8. The molecule has 0 amide bonds. The van der Waals surface area contributed by atoms with Crippen LogP contribution in [0.25, 0.3) is 0 Å². The van der Waals surface area contributed by atoms with E-state index in [4.69, 9.17) is 14.6 Å². The van der Waals surface area contributed by atoms with E-state index in [0.717, 1.165) is 17.1 Å². The lowest BCUT2D eigenvalue weighted by molar-refractivity contribution is -0.138. The number of thioether (sulfide) groups is 1. The van der Waals surface area contributed by atoms with Gasteiger partial charge in [0.25, 0.3) is 0 Å². The molecule has 0 fully saturated rings. The number of nitrogens with one attached hydrogen (secondary N) is 1. The van der Waals surface area contributed by atoms with Crippen molar-refractivity contribution in [2.45, 2.75) is 23.9 Å². The second-order valence-electron chi connectivity index (χ2n) is 7.16. The van der Waals surface area contributed by atoms with Crippen LogP contribution >= 0.6 is 11.8 Å². The van der Waals surface area contributed by atoms with Gasteiger partial charge in [-0.15, -0.1) is 5.10 Å². The predicted molar refractivity (Wildman–Crippen MR) is 125 cm³/mol. The molecule has 0 bridgehead atoms. The molecule has 0 saturated heterocycles. The van der Waals surface area contributed by atoms with E-state index in [9.17, 15) is 4.79 Å². The third kappa shape index (κ3) is 4.55. The normalized spacial score (nSPS) is 15.0. The van der Waals surface area contributed by atoms with Crippen molar-refractivity contribution in [3.05, 3.63) is 89.6 Å². The fraction of sp³-hybridized carbons (Fsp3) is 0.208. The van der Waals surface area contributed by atoms with Crippen LogP contribution in [-0.4, -0.2) is 34.5 Å². The van der Waals surface area contributed by atoms with Gasteiger partial charge in [0.1, 0.15) is 18.4 Å². The summed E-state index contributed by atoms with van der Waals surface area (Å²) in [6.07, 6.45) is 1.55. The lowest BCUT2D eigenvalue weighted by Gasteiger charge is -2.28. The standard InChI is InChI=1S/C24H24N4O3S/c1-4-14-31-22(29)20-16(2)25-23-26-24(32-15-17-8-6-5-7-9-17)27-28(23)21(20)18-10-12-19(30-3)13-11-18/h4-13,21H,1,14-15H2,2-3H3,(H,25,26,27). The highest BCUT2D eigenvalue weighted by molar-refractivity contribution is 7.98. The van der Waals surface area contributed by atoms with Gasteiger partial charge >= 0.3 is 5.97 Å². The number of methoxy groups -OCH3 is 1. The number of esters is 1. The molecule has 1 aromatic heterocycles. The van der Waals surface area contributed by atoms with E-state index < -0.39 is 12.0 Å². The molecule has 2 heterocycles. The molecule has 7 nitrogen and oxygen atoms in total. The molecule has 1 aliphatic rings. The predicted octanol–water partition coefficient (Wildman–Crippen LogP) is 4.60. The molecular weight excluding hydrogens is 424 g/mol. The molecule has 0 radical (unpaired) electrons. The summed E-state index contributed by atoms with van der Waals surface area (Å²) in [5.74, 6) is 1.64. The SMILES string of the molecule is C=CCOC(=O)C1=C(C)Nc2nc(SCc3ccccc3)nn2C1c1ccc(OC)cc1. The number of ether oxygens (including phenoxy) is 2. The second-order valence-corrected chi connectivity index (χ2v) is 8.11. The van der Waals surface area contributed by atoms with Gasteiger partial charge in [-0.2, -0.15) is 4.98 Å². The summed E-state index contributed by atoms with van der Waals surface area (Å²) in [5.41, 5.74) is 3.23. The van der Waals surface area contributed by atoms with Crippen LogP contribution < -0.4 is 10.1 Å². The number of nitrogens with zero attached hydrogens (tertiary/aromatic N) is 3. The van der Waals surface area contributed by atoms with E-state index in [1.807, 2.05) is 49.4 Å². The third-order valence-electron chi connectivity index (χ3n) is 5.03. The van der Waals surface area contributed by atoms with Gasteiger partial charge < -0.3 is 14.8 Å². The minimum absolute atomic E-state index is 0.132. The minimum atomic E-state index is -0.479. The van der Waals surface area contributed by atoms with E-state index in [2.05, 4.69) is 29.0 Å². The van der Waals surface area contributed by atoms with Crippen LogP contribution in [0.5, 0.6) is 5.75 Å². The summed E-state index contributed by atoms with van der Waals surface area (Å²) in [7, 11) is 1.62. The highest BCUT2D eigenvalue weighted by atomic mass is 32.2. The molecule has 1 atom stereocenters. The number of benzene rings is 2. The molecule has 0 saturated carbocycles. The largest absolute Gasteiger partial charge is 0.497 e. The number of carbonyl (C=O) groups excluding carboxylic acids is 1. The van der Waals surface area contributed by atoms with Gasteiger partial charge in [-0.05, 0) is 30.2 Å². The van der Waals surface area contributed by atoms with Gasteiger partial charge in [0.2, 0.25) is 11.1 Å². The van der Waals surface area contributed by atoms with Gasteiger partial charge in [0.05, 0.1) is 12.7 Å². The van der Waals surface area contributed by atoms with E-state index in [1.165, 1.54) is 5.56 Å². The Morgan fingerprint density at radius 2 is 1.97 bits per heavy atom.